The highest BCUT2D eigenvalue weighted by Crippen LogP contribution is 2.31. The smallest absolute Gasteiger partial charge is 0.246 e. The molecule has 0 radical (unpaired) electrons. The summed E-state index contributed by atoms with van der Waals surface area (Å²) in [4.78, 5) is 52.6. The minimum Gasteiger partial charge on any atom is -0.376 e. The van der Waals surface area contributed by atoms with Crippen molar-refractivity contribution in [1.82, 2.24) is 26.2 Å². The van der Waals surface area contributed by atoms with Crippen LogP contribution in [0.4, 0.5) is 5.69 Å². The Balaban J connectivity index is 1.37. The van der Waals surface area contributed by atoms with Gasteiger partial charge in [0.05, 0.1) is 0 Å². The van der Waals surface area contributed by atoms with Gasteiger partial charge in [-0.1, -0.05) is 31.6 Å². The van der Waals surface area contributed by atoms with Gasteiger partial charge >= 0.3 is 0 Å². The van der Waals surface area contributed by atoms with E-state index >= 15 is 0 Å². The average molecular weight is 525 g/mol. The predicted molar refractivity (Wildman–Crippen MR) is 145 cm³/mol. The standard InChI is InChI=1S/C28H40N6O4/c1-17(29-3)18(2)31-23-10-5-4-9-21-11-13-24(34(21)28(23)38)27(37)30-16-19-7-6-8-20(15-19)32-26(36)22-12-14-25(35)33-22/h6-8,15,17,21-24,29,31H,2,4-5,9-14,16H2,1,3H3,(H,30,37)(H,32,36)(H,33,35)/t17-,21-,22-,23-,24-/m0/s1. The fourth-order valence-electron chi connectivity index (χ4n) is 5.55. The van der Waals surface area contributed by atoms with Gasteiger partial charge in [0.25, 0.3) is 0 Å². The van der Waals surface area contributed by atoms with Gasteiger partial charge in [0.1, 0.15) is 18.1 Å². The van der Waals surface area contributed by atoms with E-state index in [1.54, 1.807) is 6.07 Å². The number of anilines is 1. The second-order valence-corrected chi connectivity index (χ2v) is 10.6. The first kappa shape index (κ1) is 27.6. The first-order valence-electron chi connectivity index (χ1n) is 13.7. The molecule has 4 amide bonds. The van der Waals surface area contributed by atoms with Gasteiger partial charge in [-0.3, -0.25) is 19.2 Å². The van der Waals surface area contributed by atoms with Crippen LogP contribution in [0.5, 0.6) is 0 Å². The van der Waals surface area contributed by atoms with Crippen LogP contribution < -0.4 is 26.6 Å². The van der Waals surface area contributed by atoms with E-state index in [-0.39, 0.29) is 48.3 Å². The van der Waals surface area contributed by atoms with Crippen LogP contribution in [0, 0.1) is 0 Å². The number of carbonyl (C=O) groups excluding carboxylic acids is 4. The van der Waals surface area contributed by atoms with E-state index in [2.05, 4.69) is 33.2 Å². The van der Waals surface area contributed by atoms with Crippen molar-refractivity contribution in [2.24, 2.45) is 0 Å². The summed E-state index contributed by atoms with van der Waals surface area (Å²) in [7, 11) is 1.85. The molecule has 3 heterocycles. The SMILES string of the molecule is C=C(N[C@H]1CCCC[C@H]2CC[C@@H](C(=O)NCc3cccc(NC(=O)[C@@H]4CCC(=O)N4)c3)N2C1=O)[C@H](C)NC. The van der Waals surface area contributed by atoms with Gasteiger partial charge in [0.15, 0.2) is 0 Å². The zero-order valence-corrected chi connectivity index (χ0v) is 22.3. The Morgan fingerprint density at radius 2 is 1.89 bits per heavy atom. The third kappa shape index (κ3) is 6.53. The molecule has 1 aromatic carbocycles. The number of nitrogens with zero attached hydrogens (tertiary/aromatic N) is 1. The largest absolute Gasteiger partial charge is 0.376 e. The first-order valence-corrected chi connectivity index (χ1v) is 13.7. The first-order chi connectivity index (χ1) is 18.3. The minimum atomic E-state index is -0.520. The van der Waals surface area contributed by atoms with Gasteiger partial charge in [-0.15, -0.1) is 0 Å². The molecule has 5 atom stereocenters. The Hall–Kier alpha value is -3.40. The van der Waals surface area contributed by atoms with E-state index in [0.717, 1.165) is 43.4 Å². The average Bonchev–Trinajstić information content (AvgIpc) is 3.53. The third-order valence-electron chi connectivity index (χ3n) is 7.93. The van der Waals surface area contributed by atoms with Crippen molar-refractivity contribution < 1.29 is 19.2 Å². The Kier molecular flexibility index (Phi) is 9.04. The minimum absolute atomic E-state index is 0.0270. The van der Waals surface area contributed by atoms with Crippen molar-refractivity contribution in [2.75, 3.05) is 12.4 Å². The Morgan fingerprint density at radius 1 is 1.11 bits per heavy atom. The summed E-state index contributed by atoms with van der Waals surface area (Å²) in [5, 5.41) is 15.0. The number of amides is 4. The van der Waals surface area contributed by atoms with Crippen molar-refractivity contribution in [3.63, 3.8) is 0 Å². The van der Waals surface area contributed by atoms with Crippen LogP contribution in [-0.2, 0) is 25.7 Å². The zero-order valence-electron chi connectivity index (χ0n) is 22.3. The Morgan fingerprint density at radius 3 is 2.63 bits per heavy atom. The lowest BCUT2D eigenvalue weighted by molar-refractivity contribution is -0.142. The molecular weight excluding hydrogens is 484 g/mol. The molecule has 4 rings (SSSR count). The van der Waals surface area contributed by atoms with Gasteiger partial charge in [-0.05, 0) is 63.8 Å². The summed E-state index contributed by atoms with van der Waals surface area (Å²) in [6.45, 7) is 6.37. The molecule has 0 saturated carbocycles. The molecule has 10 nitrogen and oxygen atoms in total. The second kappa shape index (κ2) is 12.4. The lowest BCUT2D eigenvalue weighted by Crippen LogP contribution is -2.56. The number of carbonyl (C=O) groups is 4. The van der Waals surface area contributed by atoms with Gasteiger partial charge < -0.3 is 31.5 Å². The van der Waals surface area contributed by atoms with E-state index in [0.29, 0.717) is 24.9 Å². The summed E-state index contributed by atoms with van der Waals surface area (Å²) in [5.74, 6) is -0.556. The highest BCUT2D eigenvalue weighted by molar-refractivity contribution is 5.99. The molecule has 1 aromatic rings. The molecule has 10 heteroatoms. The molecule has 38 heavy (non-hydrogen) atoms. The number of fused-ring (bicyclic) bond motifs is 1. The van der Waals surface area contributed by atoms with E-state index in [1.807, 2.05) is 37.1 Å². The van der Waals surface area contributed by atoms with Crippen molar-refractivity contribution in [1.29, 1.82) is 0 Å². The molecule has 5 N–H and O–H groups in total. The van der Waals surface area contributed by atoms with Crippen LogP contribution >= 0.6 is 0 Å². The topological polar surface area (TPSA) is 132 Å². The van der Waals surface area contributed by atoms with Crippen molar-refractivity contribution in [3.8, 4) is 0 Å². The Bertz CT molecular complexity index is 1080. The van der Waals surface area contributed by atoms with Crippen LogP contribution in [0.3, 0.4) is 0 Å². The maximum atomic E-state index is 13.6. The highest BCUT2D eigenvalue weighted by atomic mass is 16.2. The van der Waals surface area contributed by atoms with E-state index in [9.17, 15) is 19.2 Å². The molecule has 0 aromatic heterocycles. The molecule has 3 fully saturated rings. The summed E-state index contributed by atoms with van der Waals surface area (Å²) in [6, 6.07) is 5.96. The number of nitrogens with one attached hydrogen (secondary N) is 5. The third-order valence-corrected chi connectivity index (χ3v) is 7.93. The molecule has 0 spiro atoms. The maximum Gasteiger partial charge on any atom is 0.246 e. The number of hydrogen-bond acceptors (Lipinski definition) is 6. The molecule has 3 aliphatic heterocycles. The highest BCUT2D eigenvalue weighted by Gasteiger charge is 2.43. The van der Waals surface area contributed by atoms with Gasteiger partial charge in [-0.2, -0.15) is 0 Å². The number of benzene rings is 1. The molecular formula is C28H40N6O4. The lowest BCUT2D eigenvalue weighted by atomic mass is 9.98. The molecule has 0 aliphatic carbocycles. The number of likely N-dealkylation sites (N-methyl/N-ethyl adjacent to an activating group) is 1. The van der Waals surface area contributed by atoms with Crippen molar-refractivity contribution in [3.05, 3.63) is 42.1 Å². The lowest BCUT2D eigenvalue weighted by Gasteiger charge is -2.36. The van der Waals surface area contributed by atoms with Crippen molar-refractivity contribution in [2.45, 2.75) is 95.0 Å². The summed E-state index contributed by atoms with van der Waals surface area (Å²) < 4.78 is 0. The summed E-state index contributed by atoms with van der Waals surface area (Å²) >= 11 is 0. The van der Waals surface area contributed by atoms with Crippen LogP contribution in [0.2, 0.25) is 0 Å². The summed E-state index contributed by atoms with van der Waals surface area (Å²) in [6.07, 6.45) is 5.93. The van der Waals surface area contributed by atoms with Gasteiger partial charge in [0.2, 0.25) is 23.6 Å². The fourth-order valence-corrected chi connectivity index (χ4v) is 5.55. The second-order valence-electron chi connectivity index (χ2n) is 10.6. The quantitative estimate of drug-likeness (QED) is 0.333. The van der Waals surface area contributed by atoms with Crippen molar-refractivity contribution >= 4 is 29.3 Å². The number of hydrogen-bond donors (Lipinski definition) is 5. The molecule has 3 aliphatic rings. The normalized spacial score (nSPS) is 26.0. The van der Waals surface area contributed by atoms with E-state index in [4.69, 9.17) is 0 Å². The molecule has 3 saturated heterocycles. The van der Waals surface area contributed by atoms with Gasteiger partial charge in [-0.25, -0.2) is 0 Å². The maximum absolute atomic E-state index is 13.6. The van der Waals surface area contributed by atoms with Crippen LogP contribution in [0.1, 0.15) is 63.9 Å². The Labute approximate surface area is 224 Å². The van der Waals surface area contributed by atoms with Crippen LogP contribution in [0.25, 0.3) is 0 Å². The van der Waals surface area contributed by atoms with Crippen LogP contribution in [-0.4, -0.2) is 65.8 Å². The zero-order chi connectivity index (χ0) is 27.2. The fraction of sp³-hybridized carbons (Fsp3) is 0.571. The molecule has 206 valence electrons. The van der Waals surface area contributed by atoms with E-state index < -0.39 is 12.1 Å². The number of rotatable bonds is 9. The van der Waals surface area contributed by atoms with Crippen LogP contribution in [0.15, 0.2) is 36.5 Å². The summed E-state index contributed by atoms with van der Waals surface area (Å²) in [5.41, 5.74) is 2.20. The molecule has 0 unspecified atom stereocenters. The monoisotopic (exact) mass is 524 g/mol. The molecule has 0 bridgehead atoms. The van der Waals surface area contributed by atoms with E-state index in [1.165, 1.54) is 0 Å². The predicted octanol–water partition coefficient (Wildman–Crippen LogP) is 1.53. The van der Waals surface area contributed by atoms with Gasteiger partial charge in [0, 0.05) is 36.4 Å².